The van der Waals surface area contributed by atoms with E-state index in [1.807, 2.05) is 7.05 Å². The highest BCUT2D eigenvalue weighted by molar-refractivity contribution is 5.18. The van der Waals surface area contributed by atoms with E-state index in [1.54, 1.807) is 13.2 Å². The fraction of sp³-hybridized carbons (Fsp3) is 0.500. The molecule has 0 saturated heterocycles. The lowest BCUT2D eigenvalue weighted by Gasteiger charge is -2.05. The second-order valence-electron chi connectivity index (χ2n) is 2.42. The van der Waals surface area contributed by atoms with Crippen molar-refractivity contribution in [3.8, 4) is 11.9 Å². The second kappa shape index (κ2) is 4.61. The molecule has 0 atom stereocenters. The molecule has 72 valence electrons. The van der Waals surface area contributed by atoms with Gasteiger partial charge in [-0.25, -0.2) is 0 Å². The lowest BCUT2D eigenvalue weighted by atomic mass is 10.4. The van der Waals surface area contributed by atoms with Gasteiger partial charge in [0.25, 0.3) is 0 Å². The van der Waals surface area contributed by atoms with Crippen molar-refractivity contribution < 1.29 is 9.47 Å². The van der Waals surface area contributed by atoms with Gasteiger partial charge in [0.1, 0.15) is 0 Å². The number of ether oxygens (including phenoxy) is 2. The zero-order valence-electron chi connectivity index (χ0n) is 8.00. The van der Waals surface area contributed by atoms with E-state index in [1.165, 1.54) is 7.11 Å². The Labute approximate surface area is 77.1 Å². The monoisotopic (exact) mass is 183 g/mol. The van der Waals surface area contributed by atoms with Gasteiger partial charge in [-0.15, -0.1) is 0 Å². The molecule has 0 saturated carbocycles. The average Bonchev–Trinajstić information content (AvgIpc) is 2.17. The maximum atomic E-state index is 4.98. The first-order valence-electron chi connectivity index (χ1n) is 3.90. The molecular formula is C8H13N3O2. The molecule has 13 heavy (non-hydrogen) atoms. The van der Waals surface area contributed by atoms with Crippen LogP contribution in [0.1, 0.15) is 5.69 Å². The van der Waals surface area contributed by atoms with Crippen LogP contribution in [0.5, 0.6) is 11.9 Å². The van der Waals surface area contributed by atoms with E-state index in [0.717, 1.165) is 5.69 Å². The topological polar surface area (TPSA) is 56.3 Å². The molecule has 0 unspecified atom stereocenters. The van der Waals surface area contributed by atoms with Crippen molar-refractivity contribution in [3.05, 3.63) is 11.8 Å². The minimum Gasteiger partial charge on any atom is -0.481 e. The molecule has 1 rings (SSSR count). The molecule has 0 radical (unpaired) electrons. The summed E-state index contributed by atoms with van der Waals surface area (Å²) in [6.07, 6.45) is 0. The zero-order chi connectivity index (χ0) is 9.68. The summed E-state index contributed by atoms with van der Waals surface area (Å²) < 4.78 is 9.90. The van der Waals surface area contributed by atoms with E-state index in [0.29, 0.717) is 18.4 Å². The first kappa shape index (κ1) is 9.73. The maximum absolute atomic E-state index is 4.98. The Balaban J connectivity index is 2.93. The number of methoxy groups -OCH3 is 2. The van der Waals surface area contributed by atoms with E-state index < -0.39 is 0 Å². The zero-order valence-corrected chi connectivity index (χ0v) is 8.00. The first-order chi connectivity index (χ1) is 6.30. The average molecular weight is 183 g/mol. The number of aromatic nitrogens is 2. The van der Waals surface area contributed by atoms with Crippen molar-refractivity contribution >= 4 is 0 Å². The van der Waals surface area contributed by atoms with Crippen molar-refractivity contribution in [1.29, 1.82) is 0 Å². The van der Waals surface area contributed by atoms with E-state index in [2.05, 4.69) is 15.3 Å². The summed E-state index contributed by atoms with van der Waals surface area (Å²) in [4.78, 5) is 8.08. The van der Waals surface area contributed by atoms with E-state index in [4.69, 9.17) is 9.47 Å². The Hall–Kier alpha value is -1.36. The highest BCUT2D eigenvalue weighted by atomic mass is 16.5. The highest BCUT2D eigenvalue weighted by Gasteiger charge is 2.03. The molecule has 0 aliphatic rings. The molecule has 5 heteroatoms. The van der Waals surface area contributed by atoms with Crippen LogP contribution in [0.4, 0.5) is 0 Å². The molecule has 0 spiro atoms. The van der Waals surface area contributed by atoms with Gasteiger partial charge in [-0.2, -0.15) is 9.97 Å². The van der Waals surface area contributed by atoms with Gasteiger partial charge in [0.05, 0.1) is 19.9 Å². The minimum atomic E-state index is 0.324. The molecule has 1 aromatic heterocycles. The number of hydrogen-bond acceptors (Lipinski definition) is 5. The molecule has 0 bridgehead atoms. The number of rotatable bonds is 4. The van der Waals surface area contributed by atoms with Crippen LogP contribution in [0.3, 0.4) is 0 Å². The second-order valence-corrected chi connectivity index (χ2v) is 2.42. The molecule has 1 heterocycles. The van der Waals surface area contributed by atoms with E-state index in [9.17, 15) is 0 Å². The van der Waals surface area contributed by atoms with Crippen LogP contribution in [0.25, 0.3) is 0 Å². The van der Waals surface area contributed by atoms with E-state index >= 15 is 0 Å². The largest absolute Gasteiger partial charge is 0.481 e. The van der Waals surface area contributed by atoms with Gasteiger partial charge in [0.15, 0.2) is 0 Å². The predicted molar refractivity (Wildman–Crippen MR) is 47.9 cm³/mol. The van der Waals surface area contributed by atoms with Gasteiger partial charge < -0.3 is 14.8 Å². The van der Waals surface area contributed by atoms with Gasteiger partial charge in [-0.3, -0.25) is 0 Å². The number of hydrogen-bond donors (Lipinski definition) is 1. The summed E-state index contributed by atoms with van der Waals surface area (Å²) in [6, 6.07) is 2.09. The molecule has 5 nitrogen and oxygen atoms in total. The fourth-order valence-electron chi connectivity index (χ4n) is 0.917. The minimum absolute atomic E-state index is 0.324. The van der Waals surface area contributed by atoms with Gasteiger partial charge in [-0.05, 0) is 7.05 Å². The summed E-state index contributed by atoms with van der Waals surface area (Å²) in [5.41, 5.74) is 0.839. The van der Waals surface area contributed by atoms with Crippen molar-refractivity contribution in [3.63, 3.8) is 0 Å². The molecule has 0 aromatic carbocycles. The van der Waals surface area contributed by atoms with Crippen molar-refractivity contribution in [2.24, 2.45) is 0 Å². The molecule has 0 aliphatic carbocycles. The highest BCUT2D eigenvalue weighted by Crippen LogP contribution is 2.12. The van der Waals surface area contributed by atoms with Crippen LogP contribution < -0.4 is 14.8 Å². The van der Waals surface area contributed by atoms with Crippen molar-refractivity contribution in [1.82, 2.24) is 15.3 Å². The third kappa shape index (κ3) is 2.55. The quantitative estimate of drug-likeness (QED) is 0.723. The van der Waals surface area contributed by atoms with Crippen LogP contribution in [-0.2, 0) is 6.54 Å². The van der Waals surface area contributed by atoms with Gasteiger partial charge in [-0.1, -0.05) is 0 Å². The van der Waals surface area contributed by atoms with Crippen LogP contribution in [-0.4, -0.2) is 31.2 Å². The lowest BCUT2D eigenvalue weighted by molar-refractivity contribution is 0.349. The van der Waals surface area contributed by atoms with Crippen LogP contribution >= 0.6 is 0 Å². The van der Waals surface area contributed by atoms with Crippen LogP contribution in [0.2, 0.25) is 0 Å². The summed E-state index contributed by atoms with van der Waals surface area (Å²) in [7, 11) is 4.93. The molecule has 0 amide bonds. The third-order valence-corrected chi connectivity index (χ3v) is 1.48. The van der Waals surface area contributed by atoms with Crippen molar-refractivity contribution in [2.45, 2.75) is 6.54 Å². The summed E-state index contributed by atoms with van der Waals surface area (Å²) in [6.45, 7) is 0.662. The van der Waals surface area contributed by atoms with Gasteiger partial charge in [0, 0.05) is 12.6 Å². The Bertz CT molecular complexity index is 256. The standard InChI is InChI=1S/C8H13N3O2/c1-9-5-6-4-7(12-2)11-8(10-6)13-3/h4,9H,5H2,1-3H3. The molecule has 1 N–H and O–H groups in total. The van der Waals surface area contributed by atoms with Crippen LogP contribution in [0, 0.1) is 0 Å². The lowest BCUT2D eigenvalue weighted by Crippen LogP contribution is -2.08. The Morgan fingerprint density at radius 2 is 2.08 bits per heavy atom. The smallest absolute Gasteiger partial charge is 0.319 e. The Morgan fingerprint density at radius 3 is 2.62 bits per heavy atom. The normalized spacial score (nSPS) is 9.77. The Kier molecular flexibility index (Phi) is 3.45. The van der Waals surface area contributed by atoms with E-state index in [-0.39, 0.29) is 0 Å². The maximum Gasteiger partial charge on any atom is 0.319 e. The Morgan fingerprint density at radius 1 is 1.31 bits per heavy atom. The van der Waals surface area contributed by atoms with Crippen LogP contribution in [0.15, 0.2) is 6.07 Å². The number of nitrogens with zero attached hydrogens (tertiary/aromatic N) is 2. The first-order valence-corrected chi connectivity index (χ1v) is 3.90. The summed E-state index contributed by atoms with van der Waals surface area (Å²) >= 11 is 0. The van der Waals surface area contributed by atoms with Crippen molar-refractivity contribution in [2.75, 3.05) is 21.3 Å². The predicted octanol–water partition coefficient (Wildman–Crippen LogP) is 0.213. The molecule has 0 aliphatic heterocycles. The number of nitrogens with one attached hydrogen (secondary N) is 1. The fourth-order valence-corrected chi connectivity index (χ4v) is 0.917. The molecule has 0 fully saturated rings. The van der Waals surface area contributed by atoms with Gasteiger partial charge in [0.2, 0.25) is 5.88 Å². The summed E-state index contributed by atoms with van der Waals surface area (Å²) in [5.74, 6) is 0.511. The van der Waals surface area contributed by atoms with Gasteiger partial charge >= 0.3 is 6.01 Å². The summed E-state index contributed by atoms with van der Waals surface area (Å²) in [5, 5.41) is 2.99. The SMILES string of the molecule is CNCc1cc(OC)nc(OC)n1. The molecule has 1 aromatic rings. The third-order valence-electron chi connectivity index (χ3n) is 1.48. The molecular weight excluding hydrogens is 170 g/mol.